The number of esters is 3. The van der Waals surface area contributed by atoms with Crippen LogP contribution in [0.4, 0.5) is 0 Å². The predicted octanol–water partition coefficient (Wildman–Crippen LogP) is 21.5. The van der Waals surface area contributed by atoms with E-state index in [0.29, 0.717) is 19.3 Å². The summed E-state index contributed by atoms with van der Waals surface area (Å²) in [4.78, 5) is 58.6. The molecule has 0 aromatic heterocycles. The number of phosphoric acid groups is 2. The average Bonchev–Trinajstić information content (AvgIpc) is 1.82. The third-order valence-electron chi connectivity index (χ3n) is 15.4. The Balaban J connectivity index is 4.64. The molecule has 0 aliphatic heterocycles. The normalized spacial score (nSPS) is 14.8. The summed E-state index contributed by atoms with van der Waals surface area (Å²) in [5.74, 6) is -1.61. The summed E-state index contributed by atoms with van der Waals surface area (Å²) in [6.45, 7) is 2.42. The highest BCUT2D eigenvalue weighted by Gasteiger charge is 2.29. The minimum atomic E-state index is -4.94. The lowest BCUT2D eigenvalue weighted by Gasteiger charge is -2.21. The second-order valence-corrected chi connectivity index (χ2v) is 27.6. The molecule has 97 heavy (non-hydrogen) atoms. The first-order chi connectivity index (χ1) is 47.2. The van der Waals surface area contributed by atoms with Crippen molar-refractivity contribution in [2.45, 2.75) is 309 Å². The molecule has 0 fully saturated rings. The Labute approximate surface area is 588 Å². The van der Waals surface area contributed by atoms with Crippen LogP contribution in [-0.4, -0.2) is 95.9 Å². The van der Waals surface area contributed by atoms with Gasteiger partial charge in [0.25, 0.3) is 0 Å². The minimum Gasteiger partial charge on any atom is -0.463 e. The number of hydrogen-bond acceptors (Lipinski definition) is 14. The van der Waals surface area contributed by atoms with Gasteiger partial charge in [-0.2, -0.15) is 0 Å². The van der Waals surface area contributed by atoms with E-state index in [4.69, 9.17) is 32.3 Å². The standard InChI is InChI=1S/C79H134O16P2/c1-4-7-10-13-16-19-22-25-28-30-32-34-35-36-37-39-41-42-45-47-50-53-56-59-62-65-77(82)89-68-74(80)69-91-96(85,86)92-70-75(81)71-93-97(87,88)94-73-76(95-79(84)67-64-61-58-55-52-49-44-27-24-21-18-15-12-9-6-3)72-90-78(83)66-63-60-57-54-51-48-46-43-40-38-33-31-29-26-23-20-17-14-11-8-5-2/h7-8,10-11,16-17,19-20,25-26,28-29,32-34,36-38,41-43,46,74-76,80-81H,4-6,9,12-15,18,21-24,27,30-31,35,39-40,44-45,47-73H2,1-3H3,(H,85,86)(H,87,88)/b10-7-,11-8-,19-16-,20-17-,28-25-,29-26-,34-32-,37-36-,38-33-,42-41-,46-43-. The lowest BCUT2D eigenvalue weighted by atomic mass is 10.0. The third kappa shape index (κ3) is 72.8. The van der Waals surface area contributed by atoms with E-state index in [1.165, 1.54) is 64.2 Å². The summed E-state index contributed by atoms with van der Waals surface area (Å²) in [6.07, 6.45) is 84.9. The Bertz CT molecular complexity index is 2300. The van der Waals surface area contributed by atoms with E-state index in [1.807, 2.05) is 0 Å². The summed E-state index contributed by atoms with van der Waals surface area (Å²) < 4.78 is 61.1. The maximum Gasteiger partial charge on any atom is 0.472 e. The second kappa shape index (κ2) is 71.5. The van der Waals surface area contributed by atoms with E-state index in [1.54, 1.807) is 0 Å². The maximum atomic E-state index is 13.0. The van der Waals surface area contributed by atoms with Gasteiger partial charge in [0.05, 0.1) is 26.4 Å². The van der Waals surface area contributed by atoms with Crippen LogP contribution < -0.4 is 0 Å². The van der Waals surface area contributed by atoms with Crippen LogP contribution in [0.3, 0.4) is 0 Å². The summed E-state index contributed by atoms with van der Waals surface area (Å²) in [5.41, 5.74) is 0. The highest BCUT2D eigenvalue weighted by atomic mass is 31.2. The van der Waals surface area contributed by atoms with Gasteiger partial charge in [0.15, 0.2) is 6.10 Å². The van der Waals surface area contributed by atoms with Gasteiger partial charge in [0, 0.05) is 19.3 Å². The van der Waals surface area contributed by atoms with Gasteiger partial charge in [-0.05, 0) is 116 Å². The second-order valence-electron chi connectivity index (χ2n) is 24.7. The number of ether oxygens (including phenoxy) is 3. The summed E-state index contributed by atoms with van der Waals surface area (Å²) in [6, 6.07) is 0. The maximum absolute atomic E-state index is 13.0. The lowest BCUT2D eigenvalue weighted by molar-refractivity contribution is -0.161. The van der Waals surface area contributed by atoms with Crippen molar-refractivity contribution in [3.8, 4) is 0 Å². The SMILES string of the molecule is CC/C=C\C/C=C\C/C=C\C/C=C\C/C=C\C/C=C\CCCCCCCCC(=O)OCC(O)COP(=O)(O)OCC(O)COP(=O)(O)OCC(COC(=O)CCCCCCC/C=C\C/C=C\C/C=C\C/C=C\C/C=C\CC)OC(=O)CCCCCCCCCCCCCCCCC. The van der Waals surface area contributed by atoms with Crippen LogP contribution in [0.1, 0.15) is 290 Å². The Hall–Kier alpha value is -4.31. The number of phosphoric ester groups is 2. The number of aliphatic hydroxyl groups is 2. The Morgan fingerprint density at radius 3 is 0.866 bits per heavy atom. The van der Waals surface area contributed by atoms with Crippen molar-refractivity contribution in [2.24, 2.45) is 0 Å². The molecule has 5 unspecified atom stereocenters. The molecule has 0 heterocycles. The van der Waals surface area contributed by atoms with Gasteiger partial charge in [-0.3, -0.25) is 32.5 Å². The molecular formula is C79H134O16P2. The molecule has 556 valence electrons. The molecule has 0 radical (unpaired) electrons. The van der Waals surface area contributed by atoms with Crippen molar-refractivity contribution in [3.63, 3.8) is 0 Å². The van der Waals surface area contributed by atoms with Crippen molar-refractivity contribution >= 4 is 33.6 Å². The largest absolute Gasteiger partial charge is 0.472 e. The van der Waals surface area contributed by atoms with E-state index < -0.39 is 91.5 Å². The molecule has 0 saturated heterocycles. The van der Waals surface area contributed by atoms with E-state index in [0.717, 1.165) is 167 Å². The fourth-order valence-corrected chi connectivity index (χ4v) is 11.3. The molecule has 0 aromatic rings. The fourth-order valence-electron chi connectivity index (χ4n) is 9.72. The first-order valence-corrected chi connectivity index (χ1v) is 40.5. The third-order valence-corrected chi connectivity index (χ3v) is 17.3. The molecule has 0 saturated carbocycles. The first-order valence-electron chi connectivity index (χ1n) is 37.5. The molecule has 0 bridgehead atoms. The number of rotatable bonds is 70. The van der Waals surface area contributed by atoms with Crippen LogP contribution in [0.25, 0.3) is 0 Å². The van der Waals surface area contributed by atoms with Crippen molar-refractivity contribution in [3.05, 3.63) is 134 Å². The zero-order chi connectivity index (χ0) is 70.9. The quantitative estimate of drug-likeness (QED) is 0.0146. The van der Waals surface area contributed by atoms with E-state index in [2.05, 4.69) is 154 Å². The van der Waals surface area contributed by atoms with Gasteiger partial charge in [0.1, 0.15) is 25.4 Å². The fraction of sp³-hybridized carbons (Fsp3) is 0.684. The number of carbonyl (C=O) groups excluding carboxylic acids is 3. The van der Waals surface area contributed by atoms with Gasteiger partial charge in [-0.1, -0.05) is 289 Å². The van der Waals surface area contributed by atoms with Crippen molar-refractivity contribution in [1.29, 1.82) is 0 Å². The molecule has 0 rings (SSSR count). The van der Waals surface area contributed by atoms with Gasteiger partial charge in [-0.25, -0.2) is 9.13 Å². The summed E-state index contributed by atoms with van der Waals surface area (Å²) >= 11 is 0. The summed E-state index contributed by atoms with van der Waals surface area (Å²) in [7, 11) is -9.80. The monoisotopic (exact) mass is 1400 g/mol. The van der Waals surface area contributed by atoms with Crippen LogP contribution in [0, 0.1) is 0 Å². The Morgan fingerprint density at radius 1 is 0.299 bits per heavy atom. The zero-order valence-electron chi connectivity index (χ0n) is 60.5. The number of allylic oxidation sites excluding steroid dienone is 22. The first kappa shape index (κ1) is 92.7. The number of aliphatic hydroxyl groups excluding tert-OH is 2. The van der Waals surface area contributed by atoms with Crippen molar-refractivity contribution in [2.75, 3.05) is 39.6 Å². The molecule has 18 heteroatoms. The lowest BCUT2D eigenvalue weighted by Crippen LogP contribution is -2.30. The van der Waals surface area contributed by atoms with Crippen LogP contribution in [0.15, 0.2) is 134 Å². The van der Waals surface area contributed by atoms with Crippen LogP contribution in [-0.2, 0) is 55.8 Å². The molecule has 5 atom stereocenters. The van der Waals surface area contributed by atoms with Crippen molar-refractivity contribution in [1.82, 2.24) is 0 Å². The molecule has 0 aromatic carbocycles. The van der Waals surface area contributed by atoms with Crippen LogP contribution in [0.2, 0.25) is 0 Å². The molecule has 0 aliphatic rings. The van der Waals surface area contributed by atoms with Gasteiger partial charge in [0.2, 0.25) is 0 Å². The van der Waals surface area contributed by atoms with Gasteiger partial charge in [-0.15, -0.1) is 0 Å². The Kier molecular flexibility index (Phi) is 68.3. The Morgan fingerprint density at radius 2 is 0.546 bits per heavy atom. The molecule has 0 amide bonds. The average molecular weight is 1400 g/mol. The number of hydrogen-bond donors (Lipinski definition) is 4. The molecular weight excluding hydrogens is 1270 g/mol. The van der Waals surface area contributed by atoms with E-state index in [-0.39, 0.29) is 19.3 Å². The minimum absolute atomic E-state index is 0.100. The number of unbranched alkanes of at least 4 members (excludes halogenated alkanes) is 25. The predicted molar refractivity (Wildman–Crippen MR) is 399 cm³/mol. The topological polar surface area (TPSA) is 231 Å². The smallest absolute Gasteiger partial charge is 0.463 e. The van der Waals surface area contributed by atoms with Crippen molar-refractivity contribution < 1.29 is 75.8 Å². The highest BCUT2D eigenvalue weighted by Crippen LogP contribution is 2.45. The molecule has 4 N–H and O–H groups in total. The molecule has 16 nitrogen and oxygen atoms in total. The number of carbonyl (C=O) groups is 3. The van der Waals surface area contributed by atoms with Gasteiger partial charge < -0.3 is 34.2 Å². The molecule has 0 spiro atoms. The van der Waals surface area contributed by atoms with E-state index in [9.17, 15) is 43.5 Å². The summed E-state index contributed by atoms with van der Waals surface area (Å²) in [5, 5.41) is 20.6. The van der Waals surface area contributed by atoms with Crippen LogP contribution in [0.5, 0.6) is 0 Å². The molecule has 0 aliphatic carbocycles. The highest BCUT2D eigenvalue weighted by molar-refractivity contribution is 7.47. The van der Waals surface area contributed by atoms with Crippen LogP contribution >= 0.6 is 15.6 Å². The van der Waals surface area contributed by atoms with E-state index >= 15 is 0 Å². The zero-order valence-corrected chi connectivity index (χ0v) is 62.2. The van der Waals surface area contributed by atoms with Gasteiger partial charge >= 0.3 is 33.6 Å².